The van der Waals surface area contributed by atoms with Crippen molar-refractivity contribution in [3.8, 4) is 11.5 Å². The maximum atomic E-state index is 13.8. The van der Waals surface area contributed by atoms with Gasteiger partial charge in [-0.1, -0.05) is 48.3 Å². The minimum atomic E-state index is -0.671. The SMILES string of the molecule is CCCOC(=O)C1=C(C)NC2=C(C(=O)C[C@H](c3ccc(OC)c(OC)c3)C2)[C@@H]1c1cccc(Cl)c1Cl. The number of hydrogen-bond donors (Lipinski definition) is 1. The number of Topliss-reactive ketones (excluding diaryl/α,β-unsaturated/α-hetero) is 1. The first kappa shape index (κ1) is 26.1. The first-order valence-electron chi connectivity index (χ1n) is 11.9. The maximum absolute atomic E-state index is 13.8. The number of nitrogens with one attached hydrogen (secondary N) is 1. The summed E-state index contributed by atoms with van der Waals surface area (Å²) in [5.74, 6) is -0.0265. The molecule has 8 heteroatoms. The molecular formula is C28H29Cl2NO5. The van der Waals surface area contributed by atoms with E-state index >= 15 is 0 Å². The molecule has 2 atom stereocenters. The zero-order chi connectivity index (χ0) is 26.0. The average Bonchev–Trinajstić information content (AvgIpc) is 2.87. The standard InChI is InChI=1S/C28H29Cl2NO5/c1-5-11-36-28(33)24-15(2)31-20-12-17(16-9-10-22(34-3)23(14-16)35-4)13-21(32)26(20)25(24)18-7-6-8-19(29)27(18)30/h6-10,14,17,25,31H,5,11-13H2,1-4H3/t17-,25-/m1/s1. The van der Waals surface area contributed by atoms with Crippen LogP contribution in [0.25, 0.3) is 0 Å². The number of carbonyl (C=O) groups excluding carboxylic acids is 2. The zero-order valence-electron chi connectivity index (χ0n) is 20.7. The lowest BCUT2D eigenvalue weighted by atomic mass is 9.71. The first-order valence-corrected chi connectivity index (χ1v) is 12.6. The molecule has 0 aromatic heterocycles. The lowest BCUT2D eigenvalue weighted by Gasteiger charge is -2.37. The molecule has 2 aromatic rings. The Kier molecular flexibility index (Phi) is 7.96. The molecule has 0 saturated heterocycles. The Morgan fingerprint density at radius 3 is 2.53 bits per heavy atom. The van der Waals surface area contributed by atoms with Gasteiger partial charge in [-0.2, -0.15) is 0 Å². The summed E-state index contributed by atoms with van der Waals surface area (Å²) in [6, 6.07) is 11.0. The molecule has 1 aliphatic carbocycles. The van der Waals surface area contributed by atoms with Crippen molar-refractivity contribution in [3.05, 3.63) is 80.1 Å². The second-order valence-corrected chi connectivity index (χ2v) is 9.70. The van der Waals surface area contributed by atoms with Gasteiger partial charge in [0.2, 0.25) is 0 Å². The Labute approximate surface area is 221 Å². The van der Waals surface area contributed by atoms with Gasteiger partial charge in [0.15, 0.2) is 17.3 Å². The monoisotopic (exact) mass is 529 g/mol. The predicted molar refractivity (Wildman–Crippen MR) is 140 cm³/mol. The van der Waals surface area contributed by atoms with Gasteiger partial charge < -0.3 is 19.5 Å². The number of rotatable bonds is 7. The van der Waals surface area contributed by atoms with Gasteiger partial charge in [-0.05, 0) is 55.0 Å². The van der Waals surface area contributed by atoms with E-state index < -0.39 is 11.9 Å². The number of hydrogen-bond acceptors (Lipinski definition) is 6. The topological polar surface area (TPSA) is 73.9 Å². The number of dihydropyridines is 1. The summed E-state index contributed by atoms with van der Waals surface area (Å²) in [5, 5.41) is 4.03. The van der Waals surface area contributed by atoms with Gasteiger partial charge in [0.1, 0.15) is 0 Å². The van der Waals surface area contributed by atoms with Crippen LogP contribution in [0.5, 0.6) is 11.5 Å². The lowest BCUT2D eigenvalue weighted by molar-refractivity contribution is -0.139. The number of ether oxygens (including phenoxy) is 3. The van der Waals surface area contributed by atoms with E-state index in [2.05, 4.69) is 5.32 Å². The van der Waals surface area contributed by atoms with Crippen LogP contribution in [-0.2, 0) is 14.3 Å². The van der Waals surface area contributed by atoms with Crippen LogP contribution in [0.3, 0.4) is 0 Å². The Balaban J connectivity index is 1.80. The van der Waals surface area contributed by atoms with E-state index in [9.17, 15) is 9.59 Å². The normalized spacial score (nSPS) is 19.6. The fourth-order valence-electron chi connectivity index (χ4n) is 4.98. The summed E-state index contributed by atoms with van der Waals surface area (Å²) in [6.45, 7) is 4.04. The van der Waals surface area contributed by atoms with Crippen LogP contribution in [-0.4, -0.2) is 32.6 Å². The van der Waals surface area contributed by atoms with Gasteiger partial charge in [-0.25, -0.2) is 4.79 Å². The van der Waals surface area contributed by atoms with Crippen LogP contribution >= 0.6 is 23.2 Å². The second kappa shape index (κ2) is 11.0. The van der Waals surface area contributed by atoms with Gasteiger partial charge >= 0.3 is 5.97 Å². The van der Waals surface area contributed by atoms with Crippen LogP contribution < -0.4 is 14.8 Å². The lowest BCUT2D eigenvalue weighted by Crippen LogP contribution is -2.36. The molecule has 0 bridgehead atoms. The number of esters is 1. The third-order valence-electron chi connectivity index (χ3n) is 6.66. The number of carbonyl (C=O) groups is 2. The molecule has 0 fully saturated rings. The zero-order valence-corrected chi connectivity index (χ0v) is 22.3. The second-order valence-electron chi connectivity index (χ2n) is 8.91. The van der Waals surface area contributed by atoms with Gasteiger partial charge in [-0.15, -0.1) is 0 Å². The Morgan fingerprint density at radius 2 is 1.83 bits per heavy atom. The van der Waals surface area contributed by atoms with Crippen LogP contribution in [0.2, 0.25) is 10.0 Å². The predicted octanol–water partition coefficient (Wildman–Crippen LogP) is 6.33. The van der Waals surface area contributed by atoms with E-state index in [1.54, 1.807) is 26.4 Å². The summed E-state index contributed by atoms with van der Waals surface area (Å²) in [6.07, 6.45) is 1.55. The molecule has 2 aromatic carbocycles. The van der Waals surface area contributed by atoms with Gasteiger partial charge in [0, 0.05) is 29.3 Å². The van der Waals surface area contributed by atoms with Crippen molar-refractivity contribution in [3.63, 3.8) is 0 Å². The molecule has 1 aliphatic heterocycles. The number of methoxy groups -OCH3 is 2. The third kappa shape index (κ3) is 4.84. The van der Waals surface area contributed by atoms with Crippen molar-refractivity contribution in [1.82, 2.24) is 5.32 Å². The smallest absolute Gasteiger partial charge is 0.336 e. The van der Waals surface area contributed by atoms with E-state index in [4.69, 9.17) is 37.4 Å². The minimum Gasteiger partial charge on any atom is -0.493 e. The van der Waals surface area contributed by atoms with Crippen LogP contribution in [0, 0.1) is 0 Å². The molecule has 1 heterocycles. The fraction of sp³-hybridized carbons (Fsp3) is 0.357. The summed E-state index contributed by atoms with van der Waals surface area (Å²) in [4.78, 5) is 26.9. The molecule has 190 valence electrons. The van der Waals surface area contributed by atoms with Gasteiger partial charge in [0.05, 0.1) is 36.4 Å². The van der Waals surface area contributed by atoms with E-state index in [0.717, 1.165) is 11.3 Å². The fourth-order valence-corrected chi connectivity index (χ4v) is 5.40. The van der Waals surface area contributed by atoms with Crippen molar-refractivity contribution < 1.29 is 23.8 Å². The van der Waals surface area contributed by atoms with E-state index in [0.29, 0.717) is 56.8 Å². The molecule has 6 nitrogen and oxygen atoms in total. The largest absolute Gasteiger partial charge is 0.493 e. The molecular weight excluding hydrogens is 501 g/mol. The first-order chi connectivity index (χ1) is 17.3. The number of benzene rings is 2. The summed E-state index contributed by atoms with van der Waals surface area (Å²) in [5.41, 5.74) is 3.91. The number of halogens is 2. The van der Waals surface area contributed by atoms with E-state index in [-0.39, 0.29) is 24.7 Å². The third-order valence-corrected chi connectivity index (χ3v) is 7.49. The van der Waals surface area contributed by atoms with Crippen LogP contribution in [0.1, 0.15) is 56.1 Å². The highest BCUT2D eigenvalue weighted by molar-refractivity contribution is 6.42. The Hall–Kier alpha value is -2.96. The molecule has 0 radical (unpaired) electrons. The highest BCUT2D eigenvalue weighted by Gasteiger charge is 2.42. The maximum Gasteiger partial charge on any atom is 0.336 e. The van der Waals surface area contributed by atoms with Crippen LogP contribution in [0.4, 0.5) is 0 Å². The molecule has 0 amide bonds. The Bertz CT molecular complexity index is 1270. The summed E-state index contributed by atoms with van der Waals surface area (Å²) in [7, 11) is 3.17. The molecule has 2 aliphatic rings. The highest BCUT2D eigenvalue weighted by atomic mass is 35.5. The van der Waals surface area contributed by atoms with Crippen molar-refractivity contribution in [2.75, 3.05) is 20.8 Å². The van der Waals surface area contributed by atoms with Crippen LogP contribution in [0.15, 0.2) is 58.9 Å². The van der Waals surface area contributed by atoms with E-state index in [1.807, 2.05) is 38.1 Å². The molecule has 0 saturated carbocycles. The molecule has 4 rings (SSSR count). The number of allylic oxidation sites excluding steroid dienone is 3. The molecule has 36 heavy (non-hydrogen) atoms. The average molecular weight is 530 g/mol. The molecule has 0 unspecified atom stereocenters. The summed E-state index contributed by atoms with van der Waals surface area (Å²) < 4.78 is 16.3. The minimum absolute atomic E-state index is 0.0575. The molecule has 1 N–H and O–H groups in total. The number of ketones is 1. The van der Waals surface area contributed by atoms with E-state index in [1.165, 1.54) is 0 Å². The van der Waals surface area contributed by atoms with Gasteiger partial charge in [-0.3, -0.25) is 4.79 Å². The van der Waals surface area contributed by atoms with Crippen molar-refractivity contribution in [2.24, 2.45) is 0 Å². The Morgan fingerprint density at radius 1 is 1.08 bits per heavy atom. The summed E-state index contributed by atoms with van der Waals surface area (Å²) >= 11 is 13.0. The highest BCUT2D eigenvalue weighted by Crippen LogP contribution is 2.48. The quantitative estimate of drug-likeness (QED) is 0.422. The van der Waals surface area contributed by atoms with Crippen molar-refractivity contribution in [2.45, 2.75) is 44.9 Å². The van der Waals surface area contributed by atoms with Crippen molar-refractivity contribution >= 4 is 35.0 Å². The molecule has 0 spiro atoms. The van der Waals surface area contributed by atoms with Crippen molar-refractivity contribution in [1.29, 1.82) is 0 Å². The van der Waals surface area contributed by atoms with Gasteiger partial charge in [0.25, 0.3) is 0 Å².